The van der Waals surface area contributed by atoms with Gasteiger partial charge in [0.15, 0.2) is 0 Å². The van der Waals surface area contributed by atoms with Crippen LogP contribution in [0.5, 0.6) is 0 Å². The van der Waals surface area contributed by atoms with Crippen molar-refractivity contribution >= 4 is 23.7 Å². The first kappa shape index (κ1) is 15.2. The molecule has 3 amide bonds. The van der Waals surface area contributed by atoms with Crippen LogP contribution in [0.25, 0.3) is 0 Å². The molecule has 120 valence electrons. The molecule has 0 unspecified atom stereocenters. The third kappa shape index (κ3) is 2.81. The Morgan fingerprint density at radius 2 is 1.70 bits per heavy atom. The van der Waals surface area contributed by atoms with E-state index >= 15 is 0 Å². The topological polar surface area (TPSA) is 104 Å². The second-order valence-electron chi connectivity index (χ2n) is 5.83. The van der Waals surface area contributed by atoms with Gasteiger partial charge in [-0.15, -0.1) is 0 Å². The van der Waals surface area contributed by atoms with Crippen molar-refractivity contribution in [2.75, 3.05) is 6.54 Å². The number of nitrogens with one attached hydrogen (secondary N) is 1. The lowest BCUT2D eigenvalue weighted by molar-refractivity contribution is -0.146. The highest BCUT2D eigenvalue weighted by atomic mass is 16.4. The van der Waals surface area contributed by atoms with Crippen molar-refractivity contribution in [2.24, 2.45) is 5.92 Å². The molecule has 2 N–H and O–H groups in total. The molecule has 0 radical (unpaired) electrons. The number of carbonyl (C=O) groups is 4. The van der Waals surface area contributed by atoms with E-state index in [0.717, 1.165) is 4.90 Å². The van der Waals surface area contributed by atoms with E-state index in [-0.39, 0.29) is 36.7 Å². The summed E-state index contributed by atoms with van der Waals surface area (Å²) in [7, 11) is 0. The predicted molar refractivity (Wildman–Crippen MR) is 78.7 cm³/mol. The van der Waals surface area contributed by atoms with Crippen LogP contribution in [-0.2, 0) is 9.59 Å². The Kier molecular flexibility index (Phi) is 3.85. The smallest absolute Gasteiger partial charge is 0.306 e. The first-order valence-corrected chi connectivity index (χ1v) is 7.44. The molecule has 1 aromatic rings. The zero-order chi connectivity index (χ0) is 16.6. The highest BCUT2D eigenvalue weighted by Crippen LogP contribution is 2.27. The molecule has 0 bridgehead atoms. The summed E-state index contributed by atoms with van der Waals surface area (Å²) in [6.07, 6.45) is 0.863. The lowest BCUT2D eigenvalue weighted by Gasteiger charge is -2.32. The normalized spacial score (nSPS) is 22.5. The molecule has 1 aromatic carbocycles. The van der Waals surface area contributed by atoms with Gasteiger partial charge in [0.2, 0.25) is 5.91 Å². The van der Waals surface area contributed by atoms with E-state index in [2.05, 4.69) is 5.32 Å². The number of benzene rings is 1. The van der Waals surface area contributed by atoms with Gasteiger partial charge in [0.1, 0.15) is 0 Å². The summed E-state index contributed by atoms with van der Waals surface area (Å²) in [4.78, 5) is 47.9. The molecule has 0 spiro atoms. The zero-order valence-electron chi connectivity index (χ0n) is 12.3. The van der Waals surface area contributed by atoms with E-state index in [4.69, 9.17) is 5.11 Å². The molecule has 1 saturated carbocycles. The Hall–Kier alpha value is -2.70. The van der Waals surface area contributed by atoms with Crippen molar-refractivity contribution in [3.63, 3.8) is 0 Å². The van der Waals surface area contributed by atoms with Gasteiger partial charge in [-0.25, -0.2) is 0 Å². The van der Waals surface area contributed by atoms with Crippen LogP contribution >= 0.6 is 0 Å². The van der Waals surface area contributed by atoms with Crippen LogP contribution in [0.15, 0.2) is 24.3 Å². The van der Waals surface area contributed by atoms with E-state index in [1.807, 2.05) is 0 Å². The molecule has 0 aromatic heterocycles. The summed E-state index contributed by atoms with van der Waals surface area (Å²) in [6.45, 7) is 0.0211. The van der Waals surface area contributed by atoms with Crippen LogP contribution in [0, 0.1) is 5.92 Å². The fourth-order valence-electron chi connectivity index (χ4n) is 2.89. The first-order valence-electron chi connectivity index (χ1n) is 7.44. The number of rotatable bonds is 5. The van der Waals surface area contributed by atoms with Crippen molar-refractivity contribution in [3.05, 3.63) is 35.4 Å². The van der Waals surface area contributed by atoms with Crippen LogP contribution in [0.1, 0.15) is 40.0 Å². The van der Waals surface area contributed by atoms with Crippen LogP contribution in [0.3, 0.4) is 0 Å². The minimum absolute atomic E-state index is 0.0136. The number of carboxylic acid groups (broad SMARTS) is 1. The molecule has 1 heterocycles. The number of aliphatic carboxylic acids is 1. The van der Waals surface area contributed by atoms with Gasteiger partial charge in [-0.2, -0.15) is 0 Å². The van der Waals surface area contributed by atoms with Crippen molar-refractivity contribution in [1.29, 1.82) is 0 Å². The molecule has 7 nitrogen and oxygen atoms in total. The summed E-state index contributed by atoms with van der Waals surface area (Å²) in [5.74, 6) is -2.28. The molecular formula is C16H16N2O5. The Morgan fingerprint density at radius 1 is 1.13 bits per heavy atom. The number of imide groups is 1. The van der Waals surface area contributed by atoms with Crippen LogP contribution in [-0.4, -0.2) is 46.3 Å². The highest BCUT2D eigenvalue weighted by molar-refractivity contribution is 6.21. The zero-order valence-corrected chi connectivity index (χ0v) is 12.3. The Balaban J connectivity index is 1.50. The molecule has 1 aliphatic carbocycles. The van der Waals surface area contributed by atoms with Gasteiger partial charge in [0.25, 0.3) is 11.8 Å². The number of amides is 3. The second kappa shape index (κ2) is 5.83. The van der Waals surface area contributed by atoms with Gasteiger partial charge < -0.3 is 10.4 Å². The summed E-state index contributed by atoms with van der Waals surface area (Å²) in [5.41, 5.74) is 0.724. The molecule has 1 fully saturated rings. The molecule has 23 heavy (non-hydrogen) atoms. The van der Waals surface area contributed by atoms with E-state index in [1.54, 1.807) is 24.3 Å². The average molecular weight is 316 g/mol. The quantitative estimate of drug-likeness (QED) is 0.776. The maximum atomic E-state index is 12.1. The van der Waals surface area contributed by atoms with Crippen molar-refractivity contribution in [3.8, 4) is 0 Å². The average Bonchev–Trinajstić information content (AvgIpc) is 2.72. The third-order valence-corrected chi connectivity index (χ3v) is 4.29. The highest BCUT2D eigenvalue weighted by Gasteiger charge is 2.37. The van der Waals surface area contributed by atoms with Gasteiger partial charge in [-0.05, 0) is 25.0 Å². The summed E-state index contributed by atoms with van der Waals surface area (Å²) in [5, 5.41) is 11.5. The molecule has 2 aliphatic rings. The number of nitrogens with zero attached hydrogens (tertiary/aromatic N) is 1. The van der Waals surface area contributed by atoms with Crippen LogP contribution in [0.2, 0.25) is 0 Å². The van der Waals surface area contributed by atoms with Gasteiger partial charge >= 0.3 is 5.97 Å². The summed E-state index contributed by atoms with van der Waals surface area (Å²) >= 11 is 0. The number of carboxylic acids is 1. The summed E-state index contributed by atoms with van der Waals surface area (Å²) in [6, 6.07) is 6.43. The lowest BCUT2D eigenvalue weighted by atomic mass is 9.80. The fraction of sp³-hybridized carbons (Fsp3) is 0.375. The summed E-state index contributed by atoms with van der Waals surface area (Å²) < 4.78 is 0. The first-order chi connectivity index (χ1) is 11.0. The number of carbonyl (C=O) groups excluding carboxylic acids is 3. The van der Waals surface area contributed by atoms with Crippen molar-refractivity contribution in [1.82, 2.24) is 10.2 Å². The van der Waals surface area contributed by atoms with E-state index in [1.165, 1.54) is 0 Å². The van der Waals surface area contributed by atoms with E-state index in [9.17, 15) is 19.2 Å². The van der Waals surface area contributed by atoms with Gasteiger partial charge in [0.05, 0.1) is 17.0 Å². The van der Waals surface area contributed by atoms with Crippen molar-refractivity contribution in [2.45, 2.75) is 25.3 Å². The monoisotopic (exact) mass is 316 g/mol. The number of hydrogen-bond donors (Lipinski definition) is 2. The standard InChI is InChI=1S/C16H16N2O5/c19-13(17-10-7-9(8-10)16(22)23)5-6-18-14(20)11-3-1-2-4-12(11)15(18)21/h1-4,9-10H,5-8H2,(H,17,19)(H,22,23). The molecule has 1 aliphatic heterocycles. The lowest BCUT2D eigenvalue weighted by Crippen LogP contribution is -2.47. The van der Waals surface area contributed by atoms with Crippen LogP contribution in [0.4, 0.5) is 0 Å². The Morgan fingerprint density at radius 3 is 2.22 bits per heavy atom. The van der Waals surface area contributed by atoms with Gasteiger partial charge in [0, 0.05) is 19.0 Å². The van der Waals surface area contributed by atoms with Gasteiger partial charge in [-0.1, -0.05) is 12.1 Å². The minimum Gasteiger partial charge on any atom is -0.481 e. The minimum atomic E-state index is -0.846. The Bertz CT molecular complexity index is 658. The molecule has 3 rings (SSSR count). The number of hydrogen-bond acceptors (Lipinski definition) is 4. The predicted octanol–water partition coefficient (Wildman–Crippen LogP) is 0.652. The fourth-order valence-corrected chi connectivity index (χ4v) is 2.89. The molecule has 7 heteroatoms. The molecule has 0 saturated heterocycles. The third-order valence-electron chi connectivity index (χ3n) is 4.29. The van der Waals surface area contributed by atoms with Gasteiger partial charge in [-0.3, -0.25) is 24.1 Å². The maximum absolute atomic E-state index is 12.1. The maximum Gasteiger partial charge on any atom is 0.306 e. The SMILES string of the molecule is O=C(CCN1C(=O)c2ccccc2C1=O)NC1CC(C(=O)O)C1. The van der Waals surface area contributed by atoms with Crippen LogP contribution < -0.4 is 5.32 Å². The van der Waals surface area contributed by atoms with E-state index in [0.29, 0.717) is 24.0 Å². The van der Waals surface area contributed by atoms with E-state index < -0.39 is 11.9 Å². The van der Waals surface area contributed by atoms with Crippen molar-refractivity contribution < 1.29 is 24.3 Å². The largest absolute Gasteiger partial charge is 0.481 e. The molecular weight excluding hydrogens is 300 g/mol. The molecule has 0 atom stereocenters. The Labute approximate surface area is 132 Å². The number of fused-ring (bicyclic) bond motifs is 1. The second-order valence-corrected chi connectivity index (χ2v) is 5.83.